The fourth-order valence-corrected chi connectivity index (χ4v) is 4.49. The molecule has 0 aliphatic carbocycles. The number of furan rings is 1. The van der Waals surface area contributed by atoms with Crippen molar-refractivity contribution in [1.29, 1.82) is 0 Å². The van der Waals surface area contributed by atoms with Gasteiger partial charge in [-0.1, -0.05) is 23.9 Å². The molecule has 5 nitrogen and oxygen atoms in total. The Morgan fingerprint density at radius 2 is 2.35 bits per heavy atom. The van der Waals surface area contributed by atoms with Gasteiger partial charge in [0.2, 0.25) is 0 Å². The van der Waals surface area contributed by atoms with Gasteiger partial charge >= 0.3 is 0 Å². The molecule has 0 saturated heterocycles. The van der Waals surface area contributed by atoms with Gasteiger partial charge in [-0.05, 0) is 25.5 Å². The summed E-state index contributed by atoms with van der Waals surface area (Å²) >= 11 is 3.18. The quantitative estimate of drug-likeness (QED) is 0.549. The van der Waals surface area contributed by atoms with Gasteiger partial charge in [-0.3, -0.25) is 0 Å². The molecule has 0 spiro atoms. The summed E-state index contributed by atoms with van der Waals surface area (Å²) in [6.45, 7) is 4.44. The van der Waals surface area contributed by atoms with Gasteiger partial charge < -0.3 is 14.1 Å². The van der Waals surface area contributed by atoms with Crippen molar-refractivity contribution in [3.05, 3.63) is 48.2 Å². The molecule has 4 heterocycles. The van der Waals surface area contributed by atoms with Crippen molar-refractivity contribution in [1.82, 2.24) is 9.97 Å². The maximum atomic E-state index is 5.62. The number of thiophene rings is 1. The normalized spacial score (nSPS) is 14.0. The van der Waals surface area contributed by atoms with Crippen molar-refractivity contribution in [3.8, 4) is 16.5 Å². The number of aromatic nitrogens is 2. The van der Waals surface area contributed by atoms with Gasteiger partial charge in [0.1, 0.15) is 10.7 Å². The van der Waals surface area contributed by atoms with Crippen molar-refractivity contribution in [2.45, 2.75) is 23.3 Å². The molecule has 0 bridgehead atoms. The summed E-state index contributed by atoms with van der Waals surface area (Å²) in [7, 11) is 0. The maximum absolute atomic E-state index is 5.62. The van der Waals surface area contributed by atoms with Crippen molar-refractivity contribution in [3.63, 3.8) is 0 Å². The van der Waals surface area contributed by atoms with Crippen LogP contribution in [0.25, 0.3) is 11.5 Å². The smallest absolute Gasteiger partial charge is 0.174 e. The summed E-state index contributed by atoms with van der Waals surface area (Å²) in [5, 5.41) is 3.84. The highest BCUT2D eigenvalue weighted by atomic mass is 32.2. The minimum Gasteiger partial charge on any atom is -0.484 e. The third-order valence-electron chi connectivity index (χ3n) is 3.90. The number of ether oxygens (including phenoxy) is 1. The van der Waals surface area contributed by atoms with E-state index in [-0.39, 0.29) is 0 Å². The van der Waals surface area contributed by atoms with E-state index < -0.39 is 0 Å². The second-order valence-corrected chi connectivity index (χ2v) is 7.67. The molecule has 0 fully saturated rings. The summed E-state index contributed by atoms with van der Waals surface area (Å²) in [4.78, 5) is 12.9. The van der Waals surface area contributed by atoms with Crippen LogP contribution in [0.2, 0.25) is 0 Å². The van der Waals surface area contributed by atoms with E-state index in [4.69, 9.17) is 19.1 Å². The van der Waals surface area contributed by atoms with E-state index in [0.29, 0.717) is 6.61 Å². The van der Waals surface area contributed by atoms with Crippen molar-refractivity contribution >= 4 is 28.9 Å². The minimum absolute atomic E-state index is 0.673. The van der Waals surface area contributed by atoms with Gasteiger partial charge in [-0.15, -0.1) is 11.3 Å². The summed E-state index contributed by atoms with van der Waals surface area (Å²) < 4.78 is 11.2. The average molecular weight is 386 g/mol. The van der Waals surface area contributed by atoms with E-state index in [2.05, 4.69) is 22.4 Å². The lowest BCUT2D eigenvalue weighted by Crippen LogP contribution is -2.28. The maximum Gasteiger partial charge on any atom is 0.174 e. The van der Waals surface area contributed by atoms with Crippen LogP contribution in [0.1, 0.15) is 13.3 Å². The molecular formula is C19H19N3O2S2. The lowest BCUT2D eigenvalue weighted by molar-refractivity contribution is 0.350. The Morgan fingerprint density at radius 1 is 1.38 bits per heavy atom. The van der Waals surface area contributed by atoms with Crippen LogP contribution in [0.15, 0.2) is 62.5 Å². The minimum atomic E-state index is 0.673. The SMILES string of the molecule is CCOc1cc(Sc2cnc(N3CC=CCC3)c(-c3ccco3)n2)cs1. The molecule has 0 unspecified atom stereocenters. The van der Waals surface area contributed by atoms with Gasteiger partial charge in [0.25, 0.3) is 0 Å². The van der Waals surface area contributed by atoms with Crippen LogP contribution >= 0.6 is 23.1 Å². The van der Waals surface area contributed by atoms with Gasteiger partial charge in [0, 0.05) is 29.4 Å². The molecule has 0 saturated carbocycles. The molecule has 26 heavy (non-hydrogen) atoms. The summed E-state index contributed by atoms with van der Waals surface area (Å²) in [5.74, 6) is 1.61. The molecule has 0 N–H and O–H groups in total. The van der Waals surface area contributed by atoms with Crippen LogP contribution in [-0.2, 0) is 0 Å². The first-order valence-corrected chi connectivity index (χ1v) is 10.2. The van der Waals surface area contributed by atoms with E-state index in [1.165, 1.54) is 0 Å². The molecule has 3 aromatic rings. The van der Waals surface area contributed by atoms with Crippen molar-refractivity contribution in [2.24, 2.45) is 0 Å². The molecule has 7 heteroatoms. The molecule has 1 aliphatic heterocycles. The molecular weight excluding hydrogens is 366 g/mol. The predicted molar refractivity (Wildman–Crippen MR) is 105 cm³/mol. The van der Waals surface area contributed by atoms with Crippen LogP contribution in [0.3, 0.4) is 0 Å². The molecule has 134 valence electrons. The topological polar surface area (TPSA) is 51.4 Å². The van der Waals surface area contributed by atoms with Gasteiger partial charge in [-0.25, -0.2) is 9.97 Å². The number of anilines is 1. The summed E-state index contributed by atoms with van der Waals surface area (Å²) in [6.07, 6.45) is 8.89. The molecule has 0 amide bonds. The first kappa shape index (κ1) is 17.2. The molecule has 3 aromatic heterocycles. The van der Waals surface area contributed by atoms with Crippen LogP contribution in [-0.4, -0.2) is 29.7 Å². The third-order valence-corrected chi connectivity index (χ3v) is 5.77. The summed E-state index contributed by atoms with van der Waals surface area (Å²) in [6, 6.07) is 5.85. The van der Waals surface area contributed by atoms with Gasteiger partial charge in [-0.2, -0.15) is 0 Å². The first-order chi connectivity index (χ1) is 12.8. The summed E-state index contributed by atoms with van der Waals surface area (Å²) in [5.41, 5.74) is 0.788. The Bertz CT molecular complexity index is 890. The largest absolute Gasteiger partial charge is 0.484 e. The Labute approximate surface area is 160 Å². The van der Waals surface area contributed by atoms with Crippen LogP contribution in [0.4, 0.5) is 5.82 Å². The van der Waals surface area contributed by atoms with Crippen molar-refractivity contribution in [2.75, 3.05) is 24.6 Å². The van der Waals surface area contributed by atoms with Crippen LogP contribution < -0.4 is 9.64 Å². The van der Waals surface area contributed by atoms with Gasteiger partial charge in [0.15, 0.2) is 16.6 Å². The van der Waals surface area contributed by atoms with Crippen LogP contribution in [0, 0.1) is 0 Å². The fourth-order valence-electron chi connectivity index (χ4n) is 2.75. The molecule has 1 aliphatic rings. The lowest BCUT2D eigenvalue weighted by Gasteiger charge is -2.25. The number of hydrogen-bond acceptors (Lipinski definition) is 7. The monoisotopic (exact) mass is 385 g/mol. The third kappa shape index (κ3) is 3.78. The standard InChI is InChI=1S/C19H19N3O2S2/c1-2-23-17-11-14(13-25-17)26-16-12-20-19(22-8-4-3-5-9-22)18(21-16)15-7-6-10-24-15/h3-4,6-7,10-13H,2,5,8-9H2,1H3. The zero-order valence-electron chi connectivity index (χ0n) is 14.4. The Kier molecular flexibility index (Phi) is 5.26. The van der Waals surface area contributed by atoms with E-state index in [1.54, 1.807) is 29.4 Å². The fraction of sp³-hybridized carbons (Fsp3) is 0.263. The molecule has 0 aromatic carbocycles. The Morgan fingerprint density at radius 3 is 3.12 bits per heavy atom. The van der Waals surface area contributed by atoms with E-state index in [9.17, 15) is 0 Å². The zero-order chi connectivity index (χ0) is 17.8. The first-order valence-electron chi connectivity index (χ1n) is 8.53. The second-order valence-electron chi connectivity index (χ2n) is 5.70. The number of rotatable bonds is 6. The Hall–Kier alpha value is -2.25. The highest BCUT2D eigenvalue weighted by Gasteiger charge is 2.19. The highest BCUT2D eigenvalue weighted by Crippen LogP contribution is 2.36. The number of nitrogens with zero attached hydrogens (tertiary/aromatic N) is 3. The molecule has 4 rings (SSSR count). The highest BCUT2D eigenvalue weighted by molar-refractivity contribution is 7.99. The second kappa shape index (κ2) is 7.97. The van der Waals surface area contributed by atoms with Crippen LogP contribution in [0.5, 0.6) is 5.06 Å². The average Bonchev–Trinajstić information content (AvgIpc) is 3.35. The van der Waals surface area contributed by atoms with Gasteiger partial charge in [0.05, 0.1) is 19.1 Å². The number of hydrogen-bond donors (Lipinski definition) is 0. The van der Waals surface area contributed by atoms with Crippen molar-refractivity contribution < 1.29 is 9.15 Å². The zero-order valence-corrected chi connectivity index (χ0v) is 16.1. The molecule has 0 radical (unpaired) electrons. The van der Waals surface area contributed by atoms with E-state index in [0.717, 1.165) is 51.8 Å². The lowest BCUT2D eigenvalue weighted by atomic mass is 10.2. The Balaban J connectivity index is 1.64. The predicted octanol–water partition coefficient (Wildman–Crippen LogP) is 5.11. The van der Waals surface area contributed by atoms with E-state index in [1.807, 2.05) is 31.3 Å². The molecule has 0 atom stereocenters. The van der Waals surface area contributed by atoms with E-state index >= 15 is 0 Å².